The quantitative estimate of drug-likeness (QED) is 0.841. The van der Waals surface area contributed by atoms with Gasteiger partial charge in [0, 0.05) is 49.8 Å². The molecule has 1 amide bonds. The summed E-state index contributed by atoms with van der Waals surface area (Å²) >= 11 is 0. The number of ether oxygens (including phenoxy) is 1. The first-order valence-electron chi connectivity index (χ1n) is 9.39. The van der Waals surface area contributed by atoms with Gasteiger partial charge in [-0.25, -0.2) is 0 Å². The van der Waals surface area contributed by atoms with Crippen LogP contribution in [0.1, 0.15) is 23.2 Å². The van der Waals surface area contributed by atoms with Crippen LogP contribution < -0.4 is 0 Å². The third-order valence-electron chi connectivity index (χ3n) is 6.13. The molecule has 5 heteroatoms. The number of carbonyl (C=O) groups is 1. The van der Waals surface area contributed by atoms with Crippen LogP contribution in [0.3, 0.4) is 0 Å². The molecule has 1 aliphatic carbocycles. The topological polar surface area (TPSA) is 37.7 Å². The van der Waals surface area contributed by atoms with E-state index in [9.17, 15) is 4.79 Å². The molecule has 0 N–H and O–H groups in total. The monoisotopic (exact) mass is 339 g/mol. The molecule has 0 bridgehead atoms. The number of rotatable bonds is 2. The smallest absolute Gasteiger partial charge is 0.256 e. The van der Waals surface area contributed by atoms with E-state index in [1.54, 1.807) is 0 Å². The van der Waals surface area contributed by atoms with Crippen LogP contribution in [-0.4, -0.2) is 65.2 Å². The van der Waals surface area contributed by atoms with Crippen LogP contribution in [0.25, 0.3) is 10.9 Å². The van der Waals surface area contributed by atoms with E-state index in [2.05, 4.69) is 11.0 Å². The second kappa shape index (κ2) is 5.85. The number of amides is 1. The molecule has 3 heterocycles. The number of fused-ring (bicyclic) bond motifs is 2. The lowest BCUT2D eigenvalue weighted by atomic mass is 10.0. The summed E-state index contributed by atoms with van der Waals surface area (Å²) < 4.78 is 7.92. The van der Waals surface area contributed by atoms with Gasteiger partial charge in [-0.2, -0.15) is 0 Å². The molecule has 0 spiro atoms. The van der Waals surface area contributed by atoms with E-state index in [1.807, 2.05) is 40.9 Å². The summed E-state index contributed by atoms with van der Waals surface area (Å²) in [5, 5.41) is 1.05. The van der Waals surface area contributed by atoms with Crippen molar-refractivity contribution in [2.24, 2.45) is 13.0 Å². The van der Waals surface area contributed by atoms with Gasteiger partial charge in [0.2, 0.25) is 0 Å². The number of benzene rings is 1. The first kappa shape index (κ1) is 15.4. The van der Waals surface area contributed by atoms with Crippen molar-refractivity contribution in [1.82, 2.24) is 14.4 Å². The van der Waals surface area contributed by atoms with Crippen molar-refractivity contribution in [3.05, 3.63) is 36.0 Å². The number of para-hydroxylation sites is 1. The third-order valence-corrected chi connectivity index (χ3v) is 6.13. The predicted octanol–water partition coefficient (Wildman–Crippen LogP) is 2.11. The van der Waals surface area contributed by atoms with Crippen molar-refractivity contribution in [2.45, 2.75) is 24.9 Å². The number of aromatic nitrogens is 1. The maximum Gasteiger partial charge on any atom is 0.256 e. The van der Waals surface area contributed by atoms with Gasteiger partial charge in [-0.05, 0) is 24.8 Å². The van der Waals surface area contributed by atoms with Crippen LogP contribution >= 0.6 is 0 Å². The molecule has 25 heavy (non-hydrogen) atoms. The molecular weight excluding hydrogens is 314 g/mol. The maximum atomic E-state index is 13.2. The molecule has 2 saturated heterocycles. The van der Waals surface area contributed by atoms with Crippen LogP contribution in [-0.2, 0) is 11.8 Å². The van der Waals surface area contributed by atoms with Crippen LogP contribution in [0.15, 0.2) is 30.5 Å². The number of morpholine rings is 1. The largest absolute Gasteiger partial charge is 0.378 e. The number of carbonyl (C=O) groups excluding carboxylic acids is 1. The van der Waals surface area contributed by atoms with Gasteiger partial charge >= 0.3 is 0 Å². The Morgan fingerprint density at radius 3 is 2.84 bits per heavy atom. The van der Waals surface area contributed by atoms with Gasteiger partial charge in [0.25, 0.3) is 5.91 Å². The Hall–Kier alpha value is -1.85. The lowest BCUT2D eigenvalue weighted by Crippen LogP contribution is -2.63. The standard InChI is InChI=1S/C20H25N3O2/c1-21-11-17(16-4-2-3-5-18(16)21)20(24)22-8-9-23-15(10-22)12-25-13-19(23)14-6-7-14/h2-5,11,14-15,19H,6-10,12-13H2,1H3/t15-,19-/m1/s1. The fourth-order valence-corrected chi connectivity index (χ4v) is 4.63. The summed E-state index contributed by atoms with van der Waals surface area (Å²) in [5.41, 5.74) is 1.93. The second-order valence-corrected chi connectivity index (χ2v) is 7.76. The van der Waals surface area contributed by atoms with Crippen LogP contribution in [0, 0.1) is 5.92 Å². The highest BCUT2D eigenvalue weighted by Crippen LogP contribution is 2.38. The molecule has 0 unspecified atom stereocenters. The lowest BCUT2D eigenvalue weighted by Gasteiger charge is -2.48. The first-order valence-corrected chi connectivity index (χ1v) is 9.39. The Kier molecular flexibility index (Phi) is 3.61. The average molecular weight is 339 g/mol. The molecule has 5 nitrogen and oxygen atoms in total. The minimum Gasteiger partial charge on any atom is -0.378 e. The second-order valence-electron chi connectivity index (χ2n) is 7.76. The van der Waals surface area contributed by atoms with Gasteiger partial charge in [-0.1, -0.05) is 18.2 Å². The Balaban J connectivity index is 1.38. The maximum absolute atomic E-state index is 13.2. The molecule has 1 saturated carbocycles. The summed E-state index contributed by atoms with van der Waals surface area (Å²) in [7, 11) is 2.01. The number of hydrogen-bond acceptors (Lipinski definition) is 3. The average Bonchev–Trinajstić information content (AvgIpc) is 3.44. The van der Waals surface area contributed by atoms with Gasteiger partial charge in [-0.3, -0.25) is 9.69 Å². The predicted molar refractivity (Wildman–Crippen MR) is 96.6 cm³/mol. The molecule has 5 rings (SSSR count). The molecule has 2 atom stereocenters. The van der Waals surface area contributed by atoms with E-state index in [0.717, 1.165) is 55.2 Å². The summed E-state index contributed by atoms with van der Waals surface area (Å²) in [4.78, 5) is 17.8. The molecule has 3 fully saturated rings. The Labute approximate surface area is 148 Å². The Morgan fingerprint density at radius 2 is 2.00 bits per heavy atom. The summed E-state index contributed by atoms with van der Waals surface area (Å²) in [5.74, 6) is 0.980. The van der Waals surface area contributed by atoms with Crippen molar-refractivity contribution >= 4 is 16.8 Å². The van der Waals surface area contributed by atoms with E-state index in [0.29, 0.717) is 12.1 Å². The van der Waals surface area contributed by atoms with E-state index in [4.69, 9.17) is 4.74 Å². The molecule has 2 aliphatic heterocycles. The number of aryl methyl sites for hydroxylation is 1. The van der Waals surface area contributed by atoms with Gasteiger partial charge in [0.1, 0.15) is 0 Å². The zero-order valence-electron chi connectivity index (χ0n) is 14.7. The Morgan fingerprint density at radius 1 is 1.16 bits per heavy atom. The molecular formula is C20H25N3O2. The van der Waals surface area contributed by atoms with Crippen molar-refractivity contribution in [1.29, 1.82) is 0 Å². The minimum absolute atomic E-state index is 0.157. The Bertz CT molecular complexity index is 810. The highest BCUT2D eigenvalue weighted by molar-refractivity contribution is 6.07. The summed E-state index contributed by atoms with van der Waals surface area (Å²) in [6.07, 6.45) is 4.66. The van der Waals surface area contributed by atoms with Crippen LogP contribution in [0.4, 0.5) is 0 Å². The van der Waals surface area contributed by atoms with Gasteiger partial charge in [0.15, 0.2) is 0 Å². The van der Waals surface area contributed by atoms with Crippen LogP contribution in [0.5, 0.6) is 0 Å². The van der Waals surface area contributed by atoms with Gasteiger partial charge in [-0.15, -0.1) is 0 Å². The lowest BCUT2D eigenvalue weighted by molar-refractivity contribution is -0.0816. The van der Waals surface area contributed by atoms with E-state index in [1.165, 1.54) is 12.8 Å². The summed E-state index contributed by atoms with van der Waals surface area (Å²) in [6.45, 7) is 4.21. The normalized spacial score (nSPS) is 27.5. The van der Waals surface area contributed by atoms with E-state index >= 15 is 0 Å². The van der Waals surface area contributed by atoms with Crippen molar-refractivity contribution in [3.63, 3.8) is 0 Å². The van der Waals surface area contributed by atoms with Crippen molar-refractivity contribution in [2.75, 3.05) is 32.8 Å². The molecule has 1 aromatic heterocycles. The number of hydrogen-bond donors (Lipinski definition) is 0. The molecule has 0 radical (unpaired) electrons. The first-order chi connectivity index (χ1) is 12.2. The SMILES string of the molecule is Cn1cc(C(=O)N2CCN3[C@@H](COC[C@@H]3C3CC3)C2)c2ccccc21. The highest BCUT2D eigenvalue weighted by Gasteiger charge is 2.43. The van der Waals surface area contributed by atoms with E-state index < -0.39 is 0 Å². The van der Waals surface area contributed by atoms with E-state index in [-0.39, 0.29) is 5.91 Å². The zero-order chi connectivity index (χ0) is 17.0. The fraction of sp³-hybridized carbons (Fsp3) is 0.550. The molecule has 132 valence electrons. The molecule has 1 aromatic carbocycles. The third kappa shape index (κ3) is 2.57. The minimum atomic E-state index is 0.157. The number of piperazine rings is 1. The fourth-order valence-electron chi connectivity index (χ4n) is 4.63. The molecule has 2 aromatic rings. The van der Waals surface area contributed by atoms with Crippen molar-refractivity contribution in [3.8, 4) is 0 Å². The zero-order valence-corrected chi connectivity index (χ0v) is 14.7. The molecule has 3 aliphatic rings. The summed E-state index contributed by atoms with van der Waals surface area (Å²) in [6, 6.07) is 9.07. The van der Waals surface area contributed by atoms with Crippen LogP contribution in [0.2, 0.25) is 0 Å². The van der Waals surface area contributed by atoms with Crippen molar-refractivity contribution < 1.29 is 9.53 Å². The van der Waals surface area contributed by atoms with Gasteiger partial charge < -0.3 is 14.2 Å². The van der Waals surface area contributed by atoms with Gasteiger partial charge in [0.05, 0.1) is 24.8 Å². The number of nitrogens with zero attached hydrogens (tertiary/aromatic N) is 3. The highest BCUT2D eigenvalue weighted by atomic mass is 16.5.